The first-order valence-corrected chi connectivity index (χ1v) is 10.5. The fourth-order valence-electron chi connectivity index (χ4n) is 4.10. The fraction of sp³-hybridized carbons (Fsp3) is 0.375. The van der Waals surface area contributed by atoms with Crippen molar-refractivity contribution in [2.24, 2.45) is 5.92 Å². The maximum Gasteiger partial charge on any atom is 0.252 e. The molecule has 3 aromatic rings. The van der Waals surface area contributed by atoms with Gasteiger partial charge in [0.1, 0.15) is 0 Å². The number of nitrogens with one attached hydrogen (secondary N) is 1. The topological polar surface area (TPSA) is 58.1 Å². The van der Waals surface area contributed by atoms with Crippen molar-refractivity contribution in [1.82, 2.24) is 20.2 Å². The summed E-state index contributed by atoms with van der Waals surface area (Å²) in [6, 6.07) is 15.4. The molecule has 0 unspecified atom stereocenters. The zero-order valence-corrected chi connectivity index (χ0v) is 17.0. The van der Waals surface area contributed by atoms with E-state index in [-0.39, 0.29) is 5.91 Å². The molecular weight excluding hydrogens is 360 g/mol. The maximum absolute atomic E-state index is 13.0. The zero-order valence-electron chi connectivity index (χ0n) is 17.0. The van der Waals surface area contributed by atoms with Crippen molar-refractivity contribution in [3.8, 4) is 11.4 Å². The highest BCUT2D eigenvalue weighted by Crippen LogP contribution is 2.23. The summed E-state index contributed by atoms with van der Waals surface area (Å²) in [5.74, 6) is 0.735. The van der Waals surface area contributed by atoms with E-state index in [9.17, 15) is 4.79 Å². The van der Waals surface area contributed by atoms with Crippen LogP contribution in [0.4, 0.5) is 0 Å². The lowest BCUT2D eigenvalue weighted by atomic mass is 10.0. The summed E-state index contributed by atoms with van der Waals surface area (Å²) in [7, 11) is 0. The number of rotatable bonds is 6. The van der Waals surface area contributed by atoms with Crippen molar-refractivity contribution in [3.05, 3.63) is 60.3 Å². The van der Waals surface area contributed by atoms with Crippen molar-refractivity contribution in [2.75, 3.05) is 26.2 Å². The Hall–Kier alpha value is -2.79. The maximum atomic E-state index is 13.0. The summed E-state index contributed by atoms with van der Waals surface area (Å²) < 4.78 is 0. The van der Waals surface area contributed by atoms with E-state index in [1.165, 1.54) is 25.9 Å². The molecule has 1 atom stereocenters. The van der Waals surface area contributed by atoms with Crippen molar-refractivity contribution in [2.45, 2.75) is 26.2 Å². The smallest absolute Gasteiger partial charge is 0.252 e. The van der Waals surface area contributed by atoms with Crippen LogP contribution in [0.25, 0.3) is 22.3 Å². The standard InChI is InChI=1S/C24H28N4O/c1-18-8-6-14-28(17-18)15-7-13-26-24(29)20-16-23(22-11-4-5-12-25-22)27-21-10-3-2-9-19(20)21/h2-5,9-12,16,18H,6-8,13-15,17H2,1H3,(H,26,29)/t18-/m1/s1. The van der Waals surface area contributed by atoms with Crippen LogP contribution in [0.15, 0.2) is 54.7 Å². The molecule has 0 spiro atoms. The second kappa shape index (κ2) is 9.14. The van der Waals surface area contributed by atoms with E-state index in [4.69, 9.17) is 4.98 Å². The molecule has 1 amide bonds. The highest BCUT2D eigenvalue weighted by molar-refractivity contribution is 6.07. The molecule has 2 aromatic heterocycles. The molecule has 1 aliphatic rings. The minimum absolute atomic E-state index is 0.0483. The molecule has 0 saturated carbocycles. The Morgan fingerprint density at radius 2 is 2.03 bits per heavy atom. The van der Waals surface area contributed by atoms with Crippen LogP contribution in [-0.2, 0) is 0 Å². The summed E-state index contributed by atoms with van der Waals surface area (Å²) in [5, 5.41) is 3.98. The average molecular weight is 389 g/mol. The predicted octanol–water partition coefficient (Wildman–Crippen LogP) is 4.15. The first-order chi connectivity index (χ1) is 14.2. The number of aromatic nitrogens is 2. The lowest BCUT2D eigenvalue weighted by Crippen LogP contribution is -2.36. The molecule has 5 heteroatoms. The van der Waals surface area contributed by atoms with Gasteiger partial charge >= 0.3 is 0 Å². The van der Waals surface area contributed by atoms with Crippen molar-refractivity contribution in [1.29, 1.82) is 0 Å². The number of carbonyl (C=O) groups is 1. The number of amides is 1. The van der Waals surface area contributed by atoms with Crippen LogP contribution >= 0.6 is 0 Å². The monoisotopic (exact) mass is 388 g/mol. The van der Waals surface area contributed by atoms with Crippen molar-refractivity contribution >= 4 is 16.8 Å². The normalized spacial score (nSPS) is 17.3. The van der Waals surface area contributed by atoms with Crippen LogP contribution in [0.2, 0.25) is 0 Å². The molecule has 4 rings (SSSR count). The molecule has 0 aliphatic carbocycles. The molecule has 29 heavy (non-hydrogen) atoms. The lowest BCUT2D eigenvalue weighted by molar-refractivity contribution is 0.0951. The number of benzene rings is 1. The Labute approximate surface area is 172 Å². The third-order valence-electron chi connectivity index (χ3n) is 5.57. The Balaban J connectivity index is 1.46. The van der Waals surface area contributed by atoms with Crippen molar-refractivity contribution in [3.63, 3.8) is 0 Å². The van der Waals surface area contributed by atoms with E-state index < -0.39 is 0 Å². The number of para-hydroxylation sites is 1. The molecule has 3 heterocycles. The number of carbonyl (C=O) groups excluding carboxylic acids is 1. The SMILES string of the molecule is C[C@@H]1CCCN(CCCNC(=O)c2cc(-c3ccccn3)nc3ccccc23)C1. The summed E-state index contributed by atoms with van der Waals surface area (Å²) in [4.78, 5) is 24.6. The largest absolute Gasteiger partial charge is 0.352 e. The van der Waals surface area contributed by atoms with Crippen LogP contribution in [0.1, 0.15) is 36.5 Å². The Morgan fingerprint density at radius 1 is 1.17 bits per heavy atom. The molecule has 5 nitrogen and oxygen atoms in total. The summed E-state index contributed by atoms with van der Waals surface area (Å²) in [5.41, 5.74) is 2.95. The van der Waals surface area contributed by atoms with E-state index in [1.807, 2.05) is 48.5 Å². The lowest BCUT2D eigenvalue weighted by Gasteiger charge is -2.30. The highest BCUT2D eigenvalue weighted by atomic mass is 16.1. The van der Waals surface area contributed by atoms with Crippen LogP contribution in [0, 0.1) is 5.92 Å². The number of nitrogens with zero attached hydrogens (tertiary/aromatic N) is 3. The van der Waals surface area contributed by atoms with Crippen LogP contribution < -0.4 is 5.32 Å². The number of hydrogen-bond donors (Lipinski definition) is 1. The average Bonchev–Trinajstić information content (AvgIpc) is 2.76. The second-order valence-corrected chi connectivity index (χ2v) is 7.94. The molecule has 1 aliphatic heterocycles. The molecule has 1 N–H and O–H groups in total. The molecule has 1 fully saturated rings. The van der Waals surface area contributed by atoms with Gasteiger partial charge < -0.3 is 10.2 Å². The molecule has 150 valence electrons. The molecule has 0 radical (unpaired) electrons. The minimum atomic E-state index is -0.0483. The van der Waals surface area contributed by atoms with Gasteiger partial charge in [-0.2, -0.15) is 0 Å². The van der Waals surface area contributed by atoms with Gasteiger partial charge in [0, 0.05) is 24.7 Å². The van der Waals surface area contributed by atoms with E-state index in [0.29, 0.717) is 12.1 Å². The number of piperidine rings is 1. The third kappa shape index (κ3) is 4.80. The van der Waals surface area contributed by atoms with Gasteiger partial charge in [-0.05, 0) is 62.5 Å². The quantitative estimate of drug-likeness (QED) is 0.645. The number of pyridine rings is 2. The van der Waals surface area contributed by atoms with Crippen molar-refractivity contribution < 1.29 is 4.79 Å². The van der Waals surface area contributed by atoms with Gasteiger partial charge in [0.15, 0.2) is 0 Å². The first-order valence-electron chi connectivity index (χ1n) is 10.5. The third-order valence-corrected chi connectivity index (χ3v) is 5.57. The molecular formula is C24H28N4O. The van der Waals surface area contributed by atoms with Gasteiger partial charge in [-0.1, -0.05) is 31.2 Å². The van der Waals surface area contributed by atoms with Gasteiger partial charge in [-0.25, -0.2) is 4.98 Å². The van der Waals surface area contributed by atoms with E-state index >= 15 is 0 Å². The summed E-state index contributed by atoms with van der Waals surface area (Å²) >= 11 is 0. The van der Waals surface area contributed by atoms with Gasteiger partial charge in [0.2, 0.25) is 0 Å². The van der Waals surface area contributed by atoms with E-state index in [2.05, 4.69) is 22.1 Å². The number of hydrogen-bond acceptors (Lipinski definition) is 4. The van der Waals surface area contributed by atoms with Gasteiger partial charge in [-0.15, -0.1) is 0 Å². The molecule has 1 aromatic carbocycles. The van der Waals surface area contributed by atoms with Gasteiger partial charge in [0.25, 0.3) is 5.91 Å². The Bertz CT molecular complexity index is 973. The predicted molar refractivity (Wildman–Crippen MR) is 117 cm³/mol. The Morgan fingerprint density at radius 3 is 2.86 bits per heavy atom. The first kappa shape index (κ1) is 19.5. The van der Waals surface area contributed by atoms with E-state index in [1.54, 1.807) is 6.20 Å². The second-order valence-electron chi connectivity index (χ2n) is 7.94. The summed E-state index contributed by atoms with van der Waals surface area (Å²) in [6.07, 6.45) is 5.33. The molecule has 1 saturated heterocycles. The minimum Gasteiger partial charge on any atom is -0.352 e. The Kier molecular flexibility index (Phi) is 6.15. The van der Waals surface area contributed by atoms with E-state index in [0.717, 1.165) is 41.2 Å². The number of fused-ring (bicyclic) bond motifs is 1. The molecule has 0 bridgehead atoms. The van der Waals surface area contributed by atoms with Crippen LogP contribution in [0.5, 0.6) is 0 Å². The van der Waals surface area contributed by atoms with Gasteiger partial charge in [0.05, 0.1) is 22.5 Å². The van der Waals surface area contributed by atoms with Crippen LogP contribution in [0.3, 0.4) is 0 Å². The zero-order chi connectivity index (χ0) is 20.1. The highest BCUT2D eigenvalue weighted by Gasteiger charge is 2.16. The van der Waals surface area contributed by atoms with Crippen LogP contribution in [-0.4, -0.2) is 47.0 Å². The fourth-order valence-corrected chi connectivity index (χ4v) is 4.10. The number of likely N-dealkylation sites (tertiary alicyclic amines) is 1. The van der Waals surface area contributed by atoms with Gasteiger partial charge in [-0.3, -0.25) is 9.78 Å². The summed E-state index contributed by atoms with van der Waals surface area (Å²) in [6.45, 7) is 6.40.